The Bertz CT molecular complexity index is 753. The quantitative estimate of drug-likeness (QED) is 0.835. The van der Waals surface area contributed by atoms with E-state index >= 15 is 0 Å². The van der Waals surface area contributed by atoms with E-state index in [0.29, 0.717) is 21.4 Å². The van der Waals surface area contributed by atoms with Gasteiger partial charge in [-0.15, -0.1) is 10.2 Å². The normalized spacial score (nSPS) is 12.0. The molecule has 0 spiro atoms. The Morgan fingerprint density at radius 3 is 2.78 bits per heavy atom. The molecular formula is C15H16ClN5OS. The Kier molecular flexibility index (Phi) is 5.64. The van der Waals surface area contributed by atoms with Gasteiger partial charge >= 0.3 is 0 Å². The van der Waals surface area contributed by atoms with Gasteiger partial charge in [-0.25, -0.2) is 0 Å². The van der Waals surface area contributed by atoms with Gasteiger partial charge in [0.05, 0.1) is 15.8 Å². The summed E-state index contributed by atoms with van der Waals surface area (Å²) >= 11 is 7.30. The van der Waals surface area contributed by atoms with Gasteiger partial charge in [0, 0.05) is 11.7 Å². The lowest BCUT2D eigenvalue weighted by Gasteiger charge is -2.14. The standard InChI is InChI=1S/C15H16ClN5OS/c1-9(2)21-8-18-20-15(21)23-10(3)14(22)19-12-5-4-11(7-17)13(16)6-12/h4-6,8-10H,1-3H3,(H,19,22)/t10-/m0/s1. The number of nitrogens with zero attached hydrogens (tertiary/aromatic N) is 4. The minimum Gasteiger partial charge on any atom is -0.325 e. The lowest BCUT2D eigenvalue weighted by molar-refractivity contribution is -0.115. The van der Waals surface area contributed by atoms with Crippen molar-refractivity contribution in [3.63, 3.8) is 0 Å². The van der Waals surface area contributed by atoms with Crippen LogP contribution in [0.3, 0.4) is 0 Å². The SMILES string of the molecule is CC(C)n1cnnc1S[C@@H](C)C(=O)Nc1ccc(C#N)c(Cl)c1. The number of rotatable bonds is 5. The Morgan fingerprint density at radius 2 is 2.17 bits per heavy atom. The summed E-state index contributed by atoms with van der Waals surface area (Å²) in [4.78, 5) is 12.3. The molecule has 8 heteroatoms. The summed E-state index contributed by atoms with van der Waals surface area (Å²) in [7, 11) is 0. The van der Waals surface area contributed by atoms with Crippen molar-refractivity contribution in [2.75, 3.05) is 5.32 Å². The van der Waals surface area contributed by atoms with Crippen LogP contribution < -0.4 is 5.32 Å². The molecule has 120 valence electrons. The molecule has 2 rings (SSSR count). The molecule has 1 aromatic carbocycles. The van der Waals surface area contributed by atoms with Crippen LogP contribution in [0, 0.1) is 11.3 Å². The van der Waals surface area contributed by atoms with E-state index in [9.17, 15) is 4.79 Å². The first-order valence-electron chi connectivity index (χ1n) is 6.99. The van der Waals surface area contributed by atoms with Gasteiger partial charge in [-0.1, -0.05) is 23.4 Å². The van der Waals surface area contributed by atoms with Gasteiger partial charge in [-0.05, 0) is 39.0 Å². The van der Waals surface area contributed by atoms with Gasteiger partial charge < -0.3 is 9.88 Å². The highest BCUT2D eigenvalue weighted by Crippen LogP contribution is 2.25. The van der Waals surface area contributed by atoms with Gasteiger partial charge in [-0.3, -0.25) is 4.79 Å². The van der Waals surface area contributed by atoms with Gasteiger partial charge in [0.15, 0.2) is 5.16 Å². The molecule has 2 aromatic rings. The molecule has 0 unspecified atom stereocenters. The van der Waals surface area contributed by atoms with Crippen molar-refractivity contribution in [3.8, 4) is 6.07 Å². The zero-order chi connectivity index (χ0) is 17.0. The largest absolute Gasteiger partial charge is 0.325 e. The van der Waals surface area contributed by atoms with Crippen molar-refractivity contribution in [2.24, 2.45) is 0 Å². The number of nitriles is 1. The average Bonchev–Trinajstić information content (AvgIpc) is 2.95. The second-order valence-electron chi connectivity index (χ2n) is 5.17. The summed E-state index contributed by atoms with van der Waals surface area (Å²) in [5.41, 5.74) is 0.925. The lowest BCUT2D eigenvalue weighted by Crippen LogP contribution is -2.23. The lowest BCUT2D eigenvalue weighted by atomic mass is 10.2. The van der Waals surface area contributed by atoms with E-state index in [4.69, 9.17) is 16.9 Å². The summed E-state index contributed by atoms with van der Waals surface area (Å²) < 4.78 is 1.91. The third-order valence-corrected chi connectivity index (χ3v) is 4.49. The van der Waals surface area contributed by atoms with Gasteiger partial charge in [0.25, 0.3) is 0 Å². The van der Waals surface area contributed by atoms with E-state index in [1.165, 1.54) is 11.8 Å². The summed E-state index contributed by atoms with van der Waals surface area (Å²) in [6.07, 6.45) is 1.65. The van der Waals surface area contributed by atoms with Crippen LogP contribution in [0.2, 0.25) is 5.02 Å². The first-order valence-corrected chi connectivity index (χ1v) is 8.24. The molecule has 1 heterocycles. The molecule has 1 amide bonds. The van der Waals surface area contributed by atoms with Crippen LogP contribution in [0.15, 0.2) is 29.7 Å². The zero-order valence-corrected chi connectivity index (χ0v) is 14.5. The van der Waals surface area contributed by atoms with Gasteiger partial charge in [0.2, 0.25) is 5.91 Å². The zero-order valence-electron chi connectivity index (χ0n) is 12.9. The van der Waals surface area contributed by atoms with Crippen LogP contribution >= 0.6 is 23.4 Å². The van der Waals surface area contributed by atoms with Crippen molar-refractivity contribution < 1.29 is 4.79 Å². The van der Waals surface area contributed by atoms with Crippen molar-refractivity contribution in [1.29, 1.82) is 5.26 Å². The number of hydrogen-bond acceptors (Lipinski definition) is 5. The molecule has 0 saturated heterocycles. The van der Waals surface area contributed by atoms with Crippen molar-refractivity contribution >= 4 is 35.0 Å². The highest BCUT2D eigenvalue weighted by atomic mass is 35.5. The maximum Gasteiger partial charge on any atom is 0.237 e. The van der Waals surface area contributed by atoms with Crippen LogP contribution in [0.25, 0.3) is 0 Å². The first kappa shape index (κ1) is 17.3. The Hall–Kier alpha value is -2.04. The number of benzene rings is 1. The number of carbonyl (C=O) groups is 1. The number of thioether (sulfide) groups is 1. The predicted molar refractivity (Wildman–Crippen MR) is 90.5 cm³/mol. The Morgan fingerprint density at radius 1 is 1.43 bits per heavy atom. The smallest absolute Gasteiger partial charge is 0.237 e. The molecule has 23 heavy (non-hydrogen) atoms. The molecule has 0 aliphatic carbocycles. The van der Waals surface area contributed by atoms with Gasteiger partial charge in [-0.2, -0.15) is 5.26 Å². The van der Waals surface area contributed by atoms with Crippen molar-refractivity contribution in [3.05, 3.63) is 35.1 Å². The summed E-state index contributed by atoms with van der Waals surface area (Å²) in [5.74, 6) is -0.172. The van der Waals surface area contributed by atoms with E-state index in [1.54, 1.807) is 31.5 Å². The van der Waals surface area contributed by atoms with E-state index < -0.39 is 0 Å². The molecule has 0 aliphatic rings. The van der Waals surface area contributed by atoms with E-state index in [2.05, 4.69) is 15.5 Å². The molecule has 0 saturated carbocycles. The second-order valence-corrected chi connectivity index (χ2v) is 6.89. The van der Waals surface area contributed by atoms with Crippen molar-refractivity contribution in [1.82, 2.24) is 14.8 Å². The minimum atomic E-state index is -0.355. The molecular weight excluding hydrogens is 334 g/mol. The number of aromatic nitrogens is 3. The third kappa shape index (κ3) is 4.24. The van der Waals surface area contributed by atoms with Crippen LogP contribution in [-0.4, -0.2) is 25.9 Å². The maximum absolute atomic E-state index is 12.3. The minimum absolute atomic E-state index is 0.172. The van der Waals surface area contributed by atoms with Crippen LogP contribution in [0.1, 0.15) is 32.4 Å². The van der Waals surface area contributed by atoms with Crippen LogP contribution in [-0.2, 0) is 4.79 Å². The van der Waals surface area contributed by atoms with Gasteiger partial charge in [0.1, 0.15) is 12.4 Å². The molecule has 1 aromatic heterocycles. The van der Waals surface area contributed by atoms with E-state index in [1.807, 2.05) is 24.5 Å². The fourth-order valence-electron chi connectivity index (χ4n) is 1.81. The highest BCUT2D eigenvalue weighted by Gasteiger charge is 2.19. The number of anilines is 1. The molecule has 0 aliphatic heterocycles. The highest BCUT2D eigenvalue weighted by molar-refractivity contribution is 8.00. The molecule has 0 fully saturated rings. The monoisotopic (exact) mass is 349 g/mol. The fourth-order valence-corrected chi connectivity index (χ4v) is 2.99. The topological polar surface area (TPSA) is 83.6 Å². The van der Waals surface area contributed by atoms with E-state index in [-0.39, 0.29) is 17.2 Å². The Balaban J connectivity index is 2.04. The summed E-state index contributed by atoms with van der Waals surface area (Å²) in [5, 5.41) is 20.2. The summed E-state index contributed by atoms with van der Waals surface area (Å²) in [6, 6.07) is 6.99. The van der Waals surface area contributed by atoms with E-state index in [0.717, 1.165) is 0 Å². The fraction of sp³-hybridized carbons (Fsp3) is 0.333. The molecule has 0 radical (unpaired) electrons. The molecule has 6 nitrogen and oxygen atoms in total. The summed E-state index contributed by atoms with van der Waals surface area (Å²) in [6.45, 7) is 5.85. The Labute approximate surface area is 143 Å². The van der Waals surface area contributed by atoms with Crippen molar-refractivity contribution in [2.45, 2.75) is 37.2 Å². The van der Waals surface area contributed by atoms with Crippen LogP contribution in [0.4, 0.5) is 5.69 Å². The molecule has 1 N–H and O–H groups in total. The second kappa shape index (κ2) is 7.49. The number of carbonyl (C=O) groups excluding carboxylic acids is 1. The number of nitrogens with one attached hydrogen (secondary N) is 1. The maximum atomic E-state index is 12.3. The van der Waals surface area contributed by atoms with Crippen LogP contribution in [0.5, 0.6) is 0 Å². The third-order valence-electron chi connectivity index (χ3n) is 3.11. The number of amides is 1. The first-order chi connectivity index (χ1) is 10.9. The average molecular weight is 350 g/mol. The predicted octanol–water partition coefficient (Wildman–Crippen LogP) is 3.50. The number of hydrogen-bond donors (Lipinski definition) is 1. The molecule has 1 atom stereocenters. The number of halogens is 1. The molecule has 0 bridgehead atoms.